The Hall–Kier alpha value is -4.69. The topological polar surface area (TPSA) is 112 Å². The highest BCUT2D eigenvalue weighted by Crippen LogP contribution is 2.47. The monoisotopic (exact) mass is 958 g/mol. The van der Waals surface area contributed by atoms with Gasteiger partial charge in [-0.3, -0.25) is 14.8 Å². The first kappa shape index (κ1) is 49.7. The van der Waals surface area contributed by atoms with Crippen LogP contribution in [0.15, 0.2) is 30.5 Å². The Morgan fingerprint density at radius 2 is 1.72 bits per heavy atom. The van der Waals surface area contributed by atoms with Gasteiger partial charge in [0.2, 0.25) is 0 Å². The van der Waals surface area contributed by atoms with Crippen LogP contribution in [0.1, 0.15) is 106 Å². The molecule has 4 fully saturated rings. The number of ether oxygens (including phenoxy) is 5. The van der Waals surface area contributed by atoms with Crippen molar-refractivity contribution in [1.29, 1.82) is 0 Å². The number of nitrogens with zero attached hydrogens (tertiary/aromatic N) is 6. The van der Waals surface area contributed by atoms with Gasteiger partial charge in [-0.1, -0.05) is 53.5 Å². The fraction of sp³-hybridized carbons (Fsp3) is 0.615. The summed E-state index contributed by atoms with van der Waals surface area (Å²) in [5.74, 6) is 2.81. The molecule has 368 valence electrons. The molecule has 0 aliphatic carbocycles. The number of alkyl halides is 1. The Kier molecular flexibility index (Phi) is 14.1. The highest BCUT2D eigenvalue weighted by Gasteiger charge is 2.55. The van der Waals surface area contributed by atoms with Crippen molar-refractivity contribution in [3.05, 3.63) is 47.7 Å². The lowest BCUT2D eigenvalue weighted by molar-refractivity contribution is -0.0130. The highest BCUT2D eigenvalue weighted by molar-refractivity contribution is 6.90. The van der Waals surface area contributed by atoms with Crippen LogP contribution in [-0.2, 0) is 14.2 Å². The molecule has 2 aromatic carbocycles. The second kappa shape index (κ2) is 19.2. The summed E-state index contributed by atoms with van der Waals surface area (Å²) >= 11 is 0. The van der Waals surface area contributed by atoms with Gasteiger partial charge in [0.1, 0.15) is 55.0 Å². The van der Waals surface area contributed by atoms with E-state index in [0.717, 1.165) is 25.8 Å². The number of aromatic nitrogens is 3. The predicted molar refractivity (Wildman–Crippen MR) is 262 cm³/mol. The van der Waals surface area contributed by atoms with E-state index in [0.29, 0.717) is 89.9 Å². The first-order valence-corrected chi connectivity index (χ1v) is 26.6. The lowest BCUT2D eigenvalue weighted by atomic mass is 9.91. The SMILES string of the molecule is COCCC12CCC(CN(c3nc(OC[C@@]45CCCN4C[C@H](F)C5)nc4c(F)c(-c5cc(OCOC)cc6ccc(F)c(C#C[Si](C(C)C)(C(C)C)C(C)C)c56)ncc34)C1)N2C(=O)OC(C)(C)C. The molecule has 0 radical (unpaired) electrons. The molecule has 4 saturated heterocycles. The summed E-state index contributed by atoms with van der Waals surface area (Å²) in [5.41, 5.74) is 2.94. The normalized spacial score (nSPS) is 23.0. The van der Waals surface area contributed by atoms with Crippen molar-refractivity contribution in [3.8, 4) is 34.5 Å². The molecule has 4 aliphatic rings. The van der Waals surface area contributed by atoms with Gasteiger partial charge in [-0.25, -0.2) is 18.0 Å². The molecule has 1 amide bonds. The van der Waals surface area contributed by atoms with E-state index in [2.05, 4.69) is 62.8 Å². The molecule has 0 spiro atoms. The van der Waals surface area contributed by atoms with Crippen LogP contribution < -0.4 is 14.4 Å². The Balaban J connectivity index is 1.31. The Bertz CT molecular complexity index is 2580. The maximum Gasteiger partial charge on any atom is 0.411 e. The quantitative estimate of drug-likeness (QED) is 0.0684. The first-order chi connectivity index (χ1) is 32.3. The molecule has 16 heteroatoms. The summed E-state index contributed by atoms with van der Waals surface area (Å²) in [6, 6.07) is 6.15. The summed E-state index contributed by atoms with van der Waals surface area (Å²) in [7, 11) is 0.802. The number of halogens is 3. The zero-order chi connectivity index (χ0) is 48.9. The molecule has 68 heavy (non-hydrogen) atoms. The lowest BCUT2D eigenvalue weighted by Crippen LogP contribution is -2.64. The molecule has 2 unspecified atom stereocenters. The molecule has 0 saturated carbocycles. The van der Waals surface area contributed by atoms with Gasteiger partial charge in [-0.15, -0.1) is 5.54 Å². The molecule has 12 nitrogen and oxygen atoms in total. The van der Waals surface area contributed by atoms with Gasteiger partial charge in [0.15, 0.2) is 12.6 Å². The van der Waals surface area contributed by atoms with Gasteiger partial charge in [0.05, 0.1) is 28.1 Å². The van der Waals surface area contributed by atoms with E-state index >= 15 is 8.78 Å². The van der Waals surface area contributed by atoms with Crippen molar-refractivity contribution >= 4 is 41.7 Å². The molecule has 2 bridgehead atoms. The van der Waals surface area contributed by atoms with E-state index in [-0.39, 0.29) is 53.9 Å². The van der Waals surface area contributed by atoms with Crippen molar-refractivity contribution in [2.24, 2.45) is 0 Å². The van der Waals surface area contributed by atoms with E-state index in [9.17, 15) is 9.18 Å². The van der Waals surface area contributed by atoms with Crippen molar-refractivity contribution < 1.29 is 41.7 Å². The van der Waals surface area contributed by atoms with Gasteiger partial charge in [0, 0.05) is 64.0 Å². The fourth-order valence-electron chi connectivity index (χ4n) is 12.2. The van der Waals surface area contributed by atoms with Crippen LogP contribution in [0.2, 0.25) is 16.6 Å². The van der Waals surface area contributed by atoms with Crippen molar-refractivity contribution in [1.82, 2.24) is 24.8 Å². The minimum atomic E-state index is -2.35. The number of amides is 1. The number of hydrogen-bond acceptors (Lipinski definition) is 11. The van der Waals surface area contributed by atoms with Crippen LogP contribution in [-0.4, -0.2) is 128 Å². The van der Waals surface area contributed by atoms with E-state index < -0.39 is 42.6 Å². The summed E-state index contributed by atoms with van der Waals surface area (Å²) in [6.45, 7) is 21.1. The number of rotatable bonds is 14. The lowest BCUT2D eigenvalue weighted by Gasteiger charge is -2.49. The second-order valence-corrected chi connectivity index (χ2v) is 27.0. The maximum atomic E-state index is 18.1. The molecule has 4 aliphatic heterocycles. The van der Waals surface area contributed by atoms with E-state index in [1.54, 1.807) is 31.5 Å². The molecule has 0 N–H and O–H groups in total. The number of anilines is 1. The number of carbonyl (C=O) groups excluding carboxylic acids is 1. The summed E-state index contributed by atoms with van der Waals surface area (Å²) in [6.07, 6.45) is 4.17. The number of carbonyl (C=O) groups is 1. The van der Waals surface area contributed by atoms with Crippen LogP contribution in [0.4, 0.5) is 23.8 Å². The third-order valence-corrected chi connectivity index (χ3v) is 21.5. The number of methoxy groups -OCH3 is 2. The molecular weight excluding hydrogens is 890 g/mol. The standard InChI is InChI=1S/C52H69F3N6O6Si/c1-32(2)68(33(3)4,34(5)6)22-16-39-42(54)14-13-35-23-38(66-31-64-11)24-40(43(35)39)45-44(55)46-41(26-56-45)47(58-48(57-46)65-30-52-17-12-20-60(52)27-36(53)25-52)59-28-37-15-18-51(29-59,19-21-63-10)61(37)49(62)67-50(7,8)9/h13-14,23-24,26,32-34,36-37H,12,15,17-21,25,27-31H2,1-11H3/t36-,37?,51?,52+/m1/s1. The van der Waals surface area contributed by atoms with Gasteiger partial charge in [0.25, 0.3) is 0 Å². The molecule has 2 aromatic heterocycles. The summed E-state index contributed by atoms with van der Waals surface area (Å²) in [4.78, 5) is 34.7. The minimum Gasteiger partial charge on any atom is -0.468 e. The van der Waals surface area contributed by atoms with Crippen LogP contribution in [0, 0.1) is 23.1 Å². The van der Waals surface area contributed by atoms with Crippen molar-refractivity contribution in [3.63, 3.8) is 0 Å². The maximum absolute atomic E-state index is 18.1. The predicted octanol–water partition coefficient (Wildman–Crippen LogP) is 10.6. The number of benzene rings is 2. The Labute approximate surface area is 400 Å². The van der Waals surface area contributed by atoms with E-state index in [4.69, 9.17) is 38.6 Å². The van der Waals surface area contributed by atoms with Gasteiger partial charge in [-0.2, -0.15) is 9.97 Å². The van der Waals surface area contributed by atoms with Crippen LogP contribution >= 0.6 is 0 Å². The molecule has 8 rings (SSSR count). The molecule has 6 heterocycles. The molecule has 4 aromatic rings. The Morgan fingerprint density at radius 1 is 0.971 bits per heavy atom. The first-order valence-electron chi connectivity index (χ1n) is 24.3. The number of hydrogen-bond donors (Lipinski definition) is 0. The smallest absolute Gasteiger partial charge is 0.411 e. The van der Waals surface area contributed by atoms with Crippen LogP contribution in [0.5, 0.6) is 11.8 Å². The fourth-order valence-corrected chi connectivity index (χ4v) is 17.4. The van der Waals surface area contributed by atoms with Gasteiger partial charge >= 0.3 is 12.1 Å². The third kappa shape index (κ3) is 9.13. The zero-order valence-electron chi connectivity index (χ0n) is 41.7. The average Bonchev–Trinajstić information content (AvgIpc) is 3.88. The summed E-state index contributed by atoms with van der Waals surface area (Å²) in [5, 5.41) is 1.32. The zero-order valence-corrected chi connectivity index (χ0v) is 42.7. The molecular formula is C52H69F3N6O6Si. The Morgan fingerprint density at radius 3 is 2.41 bits per heavy atom. The second-order valence-electron chi connectivity index (χ2n) is 21.5. The number of fused-ring (bicyclic) bond motifs is 5. The molecule has 4 atom stereocenters. The van der Waals surface area contributed by atoms with Crippen molar-refractivity contribution in [2.75, 3.05) is 65.3 Å². The highest BCUT2D eigenvalue weighted by atomic mass is 28.3. The average molecular weight is 959 g/mol. The minimum absolute atomic E-state index is 0.0512. The number of piperazine rings is 1. The van der Waals surface area contributed by atoms with Gasteiger partial charge < -0.3 is 28.6 Å². The summed E-state index contributed by atoms with van der Waals surface area (Å²) < 4.78 is 78.8. The third-order valence-electron chi connectivity index (χ3n) is 15.2. The largest absolute Gasteiger partial charge is 0.468 e. The van der Waals surface area contributed by atoms with E-state index in [1.807, 2.05) is 25.7 Å². The van der Waals surface area contributed by atoms with E-state index in [1.165, 1.54) is 13.2 Å². The number of pyridine rings is 1. The van der Waals surface area contributed by atoms with Crippen molar-refractivity contribution in [2.45, 2.75) is 146 Å². The van der Waals surface area contributed by atoms with Crippen LogP contribution in [0.3, 0.4) is 0 Å². The van der Waals surface area contributed by atoms with Crippen LogP contribution in [0.25, 0.3) is 32.9 Å². The van der Waals surface area contributed by atoms with Gasteiger partial charge in [-0.05, 0) is 99.6 Å².